The molecule has 0 aromatic heterocycles. The van der Waals surface area contributed by atoms with E-state index in [2.05, 4.69) is 5.32 Å². The van der Waals surface area contributed by atoms with Gasteiger partial charge in [0.05, 0.1) is 13.5 Å². The number of ether oxygens (including phenoxy) is 1. The SMILES string of the molecule is COc1ccc(C(C)=O)cc1CC(=O)NC(Cc1ccccc1)C(=O)O. The number of hydrogen-bond acceptors (Lipinski definition) is 4. The fourth-order valence-electron chi connectivity index (χ4n) is 2.60. The molecule has 1 amide bonds. The lowest BCUT2D eigenvalue weighted by Gasteiger charge is -2.16. The minimum absolute atomic E-state index is 0.0805. The number of carbonyl (C=O) groups excluding carboxylic acids is 2. The van der Waals surface area contributed by atoms with Gasteiger partial charge in [-0.25, -0.2) is 4.79 Å². The van der Waals surface area contributed by atoms with Crippen LogP contribution in [0.2, 0.25) is 0 Å². The molecule has 0 saturated carbocycles. The summed E-state index contributed by atoms with van der Waals surface area (Å²) in [6.45, 7) is 1.44. The first-order valence-electron chi connectivity index (χ1n) is 8.14. The third kappa shape index (κ3) is 5.17. The highest BCUT2D eigenvalue weighted by Gasteiger charge is 2.21. The van der Waals surface area contributed by atoms with Crippen molar-refractivity contribution in [2.24, 2.45) is 0 Å². The molecule has 2 aromatic carbocycles. The summed E-state index contributed by atoms with van der Waals surface area (Å²) in [6, 6.07) is 12.9. The zero-order chi connectivity index (χ0) is 19.1. The Morgan fingerprint density at radius 3 is 2.38 bits per heavy atom. The number of amides is 1. The Balaban J connectivity index is 2.11. The van der Waals surface area contributed by atoms with Crippen LogP contribution in [0.4, 0.5) is 0 Å². The lowest BCUT2D eigenvalue weighted by Crippen LogP contribution is -2.43. The van der Waals surface area contributed by atoms with E-state index in [0.29, 0.717) is 16.9 Å². The van der Waals surface area contributed by atoms with Crippen LogP contribution < -0.4 is 10.1 Å². The largest absolute Gasteiger partial charge is 0.496 e. The number of aliphatic carboxylic acids is 1. The standard InChI is InChI=1S/C20H21NO5/c1-13(22)15-8-9-18(26-2)16(11-15)12-19(23)21-17(20(24)25)10-14-6-4-3-5-7-14/h3-9,11,17H,10,12H2,1-2H3,(H,21,23)(H,24,25). The molecule has 0 aliphatic rings. The monoisotopic (exact) mass is 355 g/mol. The molecule has 2 N–H and O–H groups in total. The van der Waals surface area contributed by atoms with Crippen LogP contribution in [-0.4, -0.2) is 35.9 Å². The molecule has 0 aliphatic carbocycles. The van der Waals surface area contributed by atoms with E-state index >= 15 is 0 Å². The molecule has 0 aliphatic heterocycles. The first-order chi connectivity index (χ1) is 12.4. The van der Waals surface area contributed by atoms with E-state index in [1.807, 2.05) is 30.3 Å². The topological polar surface area (TPSA) is 92.7 Å². The van der Waals surface area contributed by atoms with Gasteiger partial charge in [-0.2, -0.15) is 0 Å². The molecule has 6 nitrogen and oxygen atoms in total. The van der Waals surface area contributed by atoms with Gasteiger partial charge in [-0.3, -0.25) is 9.59 Å². The van der Waals surface area contributed by atoms with Crippen LogP contribution in [0.25, 0.3) is 0 Å². The number of benzene rings is 2. The van der Waals surface area contributed by atoms with Crippen LogP contribution in [0.15, 0.2) is 48.5 Å². The third-order valence-electron chi connectivity index (χ3n) is 3.95. The predicted molar refractivity (Wildman–Crippen MR) is 96.4 cm³/mol. The molecule has 0 heterocycles. The highest BCUT2D eigenvalue weighted by atomic mass is 16.5. The second-order valence-corrected chi connectivity index (χ2v) is 5.91. The fraction of sp³-hybridized carbons (Fsp3) is 0.250. The van der Waals surface area contributed by atoms with Crippen molar-refractivity contribution in [2.75, 3.05) is 7.11 Å². The molecule has 6 heteroatoms. The van der Waals surface area contributed by atoms with Crippen LogP contribution in [-0.2, 0) is 22.4 Å². The lowest BCUT2D eigenvalue weighted by atomic mass is 10.0. The summed E-state index contributed by atoms with van der Waals surface area (Å²) in [7, 11) is 1.47. The molecule has 136 valence electrons. The van der Waals surface area contributed by atoms with E-state index < -0.39 is 17.9 Å². The van der Waals surface area contributed by atoms with Crippen LogP contribution in [0.5, 0.6) is 5.75 Å². The predicted octanol–water partition coefficient (Wildman–Crippen LogP) is 2.25. The van der Waals surface area contributed by atoms with Crippen LogP contribution in [0.1, 0.15) is 28.4 Å². The summed E-state index contributed by atoms with van der Waals surface area (Å²) < 4.78 is 5.22. The Labute approximate surface area is 151 Å². The van der Waals surface area contributed by atoms with Crippen molar-refractivity contribution < 1.29 is 24.2 Å². The molecule has 0 bridgehead atoms. The van der Waals surface area contributed by atoms with Crippen molar-refractivity contribution in [3.05, 3.63) is 65.2 Å². The van der Waals surface area contributed by atoms with Gasteiger partial charge in [-0.05, 0) is 30.7 Å². The van der Waals surface area contributed by atoms with E-state index in [1.165, 1.54) is 14.0 Å². The third-order valence-corrected chi connectivity index (χ3v) is 3.95. The molecule has 0 radical (unpaired) electrons. The molecule has 2 rings (SSSR count). The molecule has 1 atom stereocenters. The van der Waals surface area contributed by atoms with Gasteiger partial charge in [-0.1, -0.05) is 30.3 Å². The van der Waals surface area contributed by atoms with Gasteiger partial charge in [0.15, 0.2) is 5.78 Å². The average Bonchev–Trinajstić information content (AvgIpc) is 2.61. The van der Waals surface area contributed by atoms with Crippen molar-refractivity contribution in [3.8, 4) is 5.75 Å². The van der Waals surface area contributed by atoms with Gasteiger partial charge >= 0.3 is 5.97 Å². The number of ketones is 1. The van der Waals surface area contributed by atoms with Crippen molar-refractivity contribution >= 4 is 17.7 Å². The summed E-state index contributed by atoms with van der Waals surface area (Å²) >= 11 is 0. The Bertz CT molecular complexity index is 801. The second kappa shape index (κ2) is 8.80. The highest BCUT2D eigenvalue weighted by Crippen LogP contribution is 2.21. The van der Waals surface area contributed by atoms with E-state index in [-0.39, 0.29) is 18.6 Å². The van der Waals surface area contributed by atoms with Gasteiger partial charge in [0, 0.05) is 17.5 Å². The van der Waals surface area contributed by atoms with Gasteiger partial charge in [0.1, 0.15) is 11.8 Å². The fourth-order valence-corrected chi connectivity index (χ4v) is 2.60. The number of hydrogen-bond donors (Lipinski definition) is 2. The molecular formula is C20H21NO5. The molecule has 26 heavy (non-hydrogen) atoms. The molecule has 0 fully saturated rings. The number of Topliss-reactive ketones (excluding diaryl/α,β-unsaturated/α-hetero) is 1. The van der Waals surface area contributed by atoms with Gasteiger partial charge in [0.25, 0.3) is 0 Å². The summed E-state index contributed by atoms with van der Waals surface area (Å²) in [6.07, 6.45) is 0.107. The minimum Gasteiger partial charge on any atom is -0.496 e. The molecule has 0 spiro atoms. The number of nitrogens with one attached hydrogen (secondary N) is 1. The average molecular weight is 355 g/mol. The van der Waals surface area contributed by atoms with Crippen LogP contribution in [0.3, 0.4) is 0 Å². The van der Waals surface area contributed by atoms with Crippen molar-refractivity contribution in [2.45, 2.75) is 25.8 Å². The minimum atomic E-state index is -1.10. The zero-order valence-electron chi connectivity index (χ0n) is 14.7. The van der Waals surface area contributed by atoms with E-state index in [0.717, 1.165) is 5.56 Å². The summed E-state index contributed by atoms with van der Waals surface area (Å²) in [5.74, 6) is -1.21. The Morgan fingerprint density at radius 2 is 1.81 bits per heavy atom. The number of carbonyl (C=O) groups is 3. The first-order valence-corrected chi connectivity index (χ1v) is 8.14. The van der Waals surface area contributed by atoms with Crippen molar-refractivity contribution in [1.82, 2.24) is 5.32 Å². The first kappa shape index (κ1) is 19.2. The quantitative estimate of drug-likeness (QED) is 0.709. The number of rotatable bonds is 8. The normalized spacial score (nSPS) is 11.5. The lowest BCUT2D eigenvalue weighted by molar-refractivity contribution is -0.141. The van der Waals surface area contributed by atoms with E-state index in [1.54, 1.807) is 18.2 Å². The maximum absolute atomic E-state index is 12.4. The summed E-state index contributed by atoms with van der Waals surface area (Å²) in [5.41, 5.74) is 1.81. The highest BCUT2D eigenvalue weighted by molar-refractivity contribution is 5.95. The maximum atomic E-state index is 12.4. The summed E-state index contributed by atoms with van der Waals surface area (Å²) in [5, 5.41) is 11.9. The number of carboxylic acid groups (broad SMARTS) is 1. The van der Waals surface area contributed by atoms with Crippen LogP contribution in [0, 0.1) is 0 Å². The van der Waals surface area contributed by atoms with Crippen molar-refractivity contribution in [3.63, 3.8) is 0 Å². The van der Waals surface area contributed by atoms with Gasteiger partial charge < -0.3 is 15.2 Å². The maximum Gasteiger partial charge on any atom is 0.326 e. The molecule has 1 unspecified atom stereocenters. The second-order valence-electron chi connectivity index (χ2n) is 5.91. The zero-order valence-corrected chi connectivity index (χ0v) is 14.7. The van der Waals surface area contributed by atoms with Gasteiger partial charge in [-0.15, -0.1) is 0 Å². The molecular weight excluding hydrogens is 334 g/mol. The number of methoxy groups -OCH3 is 1. The number of carboxylic acids is 1. The van der Waals surface area contributed by atoms with Crippen molar-refractivity contribution in [1.29, 1.82) is 0 Å². The van der Waals surface area contributed by atoms with Crippen LogP contribution >= 0.6 is 0 Å². The van der Waals surface area contributed by atoms with Gasteiger partial charge in [0.2, 0.25) is 5.91 Å². The molecule has 0 saturated heterocycles. The van der Waals surface area contributed by atoms with E-state index in [4.69, 9.17) is 4.74 Å². The summed E-state index contributed by atoms with van der Waals surface area (Å²) in [4.78, 5) is 35.4. The Kier molecular flexibility index (Phi) is 6.49. The van der Waals surface area contributed by atoms with E-state index in [9.17, 15) is 19.5 Å². The Morgan fingerprint density at radius 1 is 1.12 bits per heavy atom. The smallest absolute Gasteiger partial charge is 0.326 e. The molecule has 2 aromatic rings. The Hall–Kier alpha value is -3.15.